The highest BCUT2D eigenvalue weighted by Gasteiger charge is 2.19. The number of pyridine rings is 1. The van der Waals surface area contributed by atoms with Gasteiger partial charge in [0, 0.05) is 11.8 Å². The van der Waals surface area contributed by atoms with Crippen LogP contribution < -0.4 is 16.0 Å². The number of aryl methyl sites for hydroxylation is 2. The van der Waals surface area contributed by atoms with Crippen LogP contribution in [0.5, 0.6) is 5.75 Å². The number of aromatic nitrogens is 4. The zero-order chi connectivity index (χ0) is 23.8. The Morgan fingerprint density at radius 1 is 0.971 bits per heavy atom. The van der Waals surface area contributed by atoms with Crippen LogP contribution in [-0.4, -0.2) is 26.2 Å². The standard InChI is InChI=1S/C26H22N4O4/c1-16-6-8-18(9-7-16)24-28-22(17(2)34-24)15-29-25(31)21-5-4-14-27-23(21)30(26(29)32)19-10-12-20(33-3)13-11-19/h4-14H,15H2,1-3H3. The molecule has 0 saturated carbocycles. The van der Waals surface area contributed by atoms with Gasteiger partial charge >= 0.3 is 5.69 Å². The van der Waals surface area contributed by atoms with E-state index in [1.54, 1.807) is 56.6 Å². The maximum absolute atomic E-state index is 13.6. The third-order valence-electron chi connectivity index (χ3n) is 5.73. The summed E-state index contributed by atoms with van der Waals surface area (Å²) in [5.41, 5.74) is 2.38. The number of hydrogen-bond donors (Lipinski definition) is 0. The van der Waals surface area contributed by atoms with Gasteiger partial charge in [-0.25, -0.2) is 19.3 Å². The Hall–Kier alpha value is -4.46. The lowest BCUT2D eigenvalue weighted by Crippen LogP contribution is -2.40. The average molecular weight is 454 g/mol. The minimum atomic E-state index is -0.513. The van der Waals surface area contributed by atoms with Crippen LogP contribution in [0.1, 0.15) is 17.0 Å². The van der Waals surface area contributed by atoms with Crippen molar-refractivity contribution in [1.29, 1.82) is 0 Å². The zero-order valence-corrected chi connectivity index (χ0v) is 19.0. The predicted molar refractivity (Wildman–Crippen MR) is 129 cm³/mol. The maximum atomic E-state index is 13.6. The van der Waals surface area contributed by atoms with E-state index in [-0.39, 0.29) is 12.2 Å². The molecular formula is C26H22N4O4. The van der Waals surface area contributed by atoms with Crippen LogP contribution >= 0.6 is 0 Å². The highest BCUT2D eigenvalue weighted by Crippen LogP contribution is 2.23. The molecule has 0 N–H and O–H groups in total. The second-order valence-electron chi connectivity index (χ2n) is 7.97. The molecule has 0 spiro atoms. The molecule has 8 nitrogen and oxygen atoms in total. The molecule has 0 saturated heterocycles. The summed E-state index contributed by atoms with van der Waals surface area (Å²) in [6, 6.07) is 18.1. The Kier molecular flexibility index (Phi) is 5.33. The number of methoxy groups -OCH3 is 1. The van der Waals surface area contributed by atoms with Crippen molar-refractivity contribution in [2.45, 2.75) is 20.4 Å². The molecule has 5 rings (SSSR count). The molecule has 0 aliphatic rings. The van der Waals surface area contributed by atoms with Gasteiger partial charge in [-0.05, 0) is 62.4 Å². The fraction of sp³-hybridized carbons (Fsp3) is 0.154. The smallest absolute Gasteiger partial charge is 0.337 e. The number of fused-ring (bicyclic) bond motifs is 1. The van der Waals surface area contributed by atoms with Crippen molar-refractivity contribution in [2.75, 3.05) is 7.11 Å². The number of oxazole rings is 1. The molecule has 8 heteroatoms. The summed E-state index contributed by atoms with van der Waals surface area (Å²) < 4.78 is 13.7. The molecule has 2 aromatic carbocycles. The van der Waals surface area contributed by atoms with Crippen molar-refractivity contribution >= 4 is 11.0 Å². The van der Waals surface area contributed by atoms with Crippen LogP contribution in [0.25, 0.3) is 28.2 Å². The van der Waals surface area contributed by atoms with Crippen LogP contribution in [0.4, 0.5) is 0 Å². The summed E-state index contributed by atoms with van der Waals surface area (Å²) in [5, 5.41) is 0.331. The monoisotopic (exact) mass is 454 g/mol. The first kappa shape index (κ1) is 21.4. The van der Waals surface area contributed by atoms with Gasteiger partial charge in [-0.3, -0.25) is 9.36 Å². The van der Waals surface area contributed by atoms with Crippen LogP contribution in [0, 0.1) is 13.8 Å². The van der Waals surface area contributed by atoms with E-state index in [9.17, 15) is 9.59 Å². The van der Waals surface area contributed by atoms with Crippen molar-refractivity contribution in [3.05, 3.63) is 105 Å². The van der Waals surface area contributed by atoms with Crippen LogP contribution in [0.2, 0.25) is 0 Å². The van der Waals surface area contributed by atoms with Gasteiger partial charge in [-0.1, -0.05) is 17.7 Å². The van der Waals surface area contributed by atoms with E-state index in [1.165, 1.54) is 4.57 Å². The Labute approximate surface area is 194 Å². The number of ether oxygens (including phenoxy) is 1. The molecule has 0 aliphatic carbocycles. The highest BCUT2D eigenvalue weighted by molar-refractivity contribution is 5.75. The van der Waals surface area contributed by atoms with Crippen molar-refractivity contribution in [3.63, 3.8) is 0 Å². The number of rotatable bonds is 5. The van der Waals surface area contributed by atoms with Gasteiger partial charge in [-0.2, -0.15) is 0 Å². The van der Waals surface area contributed by atoms with Gasteiger partial charge in [0.15, 0.2) is 5.65 Å². The minimum Gasteiger partial charge on any atom is -0.497 e. The molecule has 34 heavy (non-hydrogen) atoms. The molecule has 0 unspecified atom stereocenters. The second-order valence-corrected chi connectivity index (χ2v) is 7.97. The third-order valence-corrected chi connectivity index (χ3v) is 5.73. The van der Waals surface area contributed by atoms with E-state index in [2.05, 4.69) is 9.97 Å². The summed E-state index contributed by atoms with van der Waals surface area (Å²) in [4.78, 5) is 35.8. The van der Waals surface area contributed by atoms with Gasteiger partial charge in [-0.15, -0.1) is 0 Å². The molecule has 0 radical (unpaired) electrons. The molecule has 3 heterocycles. The van der Waals surface area contributed by atoms with Crippen LogP contribution in [0.15, 0.2) is 80.9 Å². The van der Waals surface area contributed by atoms with Crippen molar-refractivity contribution in [1.82, 2.24) is 19.1 Å². The fourth-order valence-corrected chi connectivity index (χ4v) is 3.83. The van der Waals surface area contributed by atoms with E-state index in [1.807, 2.05) is 31.2 Å². The summed E-state index contributed by atoms with van der Waals surface area (Å²) in [7, 11) is 1.57. The lowest BCUT2D eigenvalue weighted by atomic mass is 10.1. The van der Waals surface area contributed by atoms with Gasteiger partial charge in [0.2, 0.25) is 5.89 Å². The normalized spacial score (nSPS) is 11.1. The Morgan fingerprint density at radius 3 is 2.41 bits per heavy atom. The topological polar surface area (TPSA) is 92.1 Å². The molecule has 0 amide bonds. The number of benzene rings is 2. The Morgan fingerprint density at radius 2 is 1.71 bits per heavy atom. The molecule has 0 atom stereocenters. The van der Waals surface area contributed by atoms with Crippen molar-refractivity contribution in [2.24, 2.45) is 0 Å². The summed E-state index contributed by atoms with van der Waals surface area (Å²) in [6.45, 7) is 3.75. The molecule has 3 aromatic heterocycles. The van der Waals surface area contributed by atoms with E-state index in [4.69, 9.17) is 9.15 Å². The lowest BCUT2D eigenvalue weighted by Gasteiger charge is -2.13. The third kappa shape index (κ3) is 3.69. The van der Waals surface area contributed by atoms with E-state index in [0.717, 1.165) is 15.7 Å². The zero-order valence-electron chi connectivity index (χ0n) is 19.0. The lowest BCUT2D eigenvalue weighted by molar-refractivity contribution is 0.414. The summed E-state index contributed by atoms with van der Waals surface area (Å²) in [6.07, 6.45) is 1.56. The molecule has 5 aromatic rings. The molecule has 0 aliphatic heterocycles. The summed E-state index contributed by atoms with van der Waals surface area (Å²) >= 11 is 0. The van der Waals surface area contributed by atoms with Gasteiger partial charge in [0.05, 0.1) is 24.7 Å². The quantitative estimate of drug-likeness (QED) is 0.400. The first-order valence-electron chi connectivity index (χ1n) is 10.7. The largest absolute Gasteiger partial charge is 0.497 e. The molecule has 0 bridgehead atoms. The van der Waals surface area contributed by atoms with Gasteiger partial charge < -0.3 is 9.15 Å². The van der Waals surface area contributed by atoms with Crippen LogP contribution in [-0.2, 0) is 6.54 Å². The molecular weight excluding hydrogens is 432 g/mol. The fourth-order valence-electron chi connectivity index (χ4n) is 3.83. The van der Waals surface area contributed by atoms with E-state index in [0.29, 0.717) is 34.2 Å². The molecule has 170 valence electrons. The van der Waals surface area contributed by atoms with Gasteiger partial charge in [0.1, 0.15) is 17.2 Å². The average Bonchev–Trinajstić information content (AvgIpc) is 3.22. The Balaban J connectivity index is 1.65. The number of hydrogen-bond acceptors (Lipinski definition) is 6. The first-order chi connectivity index (χ1) is 16.5. The minimum absolute atomic E-state index is 0.0279. The van der Waals surface area contributed by atoms with Crippen LogP contribution in [0.3, 0.4) is 0 Å². The van der Waals surface area contributed by atoms with Gasteiger partial charge in [0.25, 0.3) is 5.56 Å². The SMILES string of the molecule is COc1ccc(-n2c(=O)n(Cc3nc(-c4ccc(C)cc4)oc3C)c(=O)c3cccnc32)cc1. The predicted octanol–water partition coefficient (Wildman–Crippen LogP) is 3.88. The first-order valence-corrected chi connectivity index (χ1v) is 10.7. The summed E-state index contributed by atoms with van der Waals surface area (Å²) in [5.74, 6) is 1.65. The molecule has 0 fully saturated rings. The van der Waals surface area contributed by atoms with E-state index < -0.39 is 11.2 Å². The maximum Gasteiger partial charge on any atom is 0.337 e. The second kappa shape index (κ2) is 8.47. The van der Waals surface area contributed by atoms with Crippen molar-refractivity contribution < 1.29 is 9.15 Å². The Bertz CT molecular complexity index is 1610. The number of nitrogens with zero attached hydrogens (tertiary/aromatic N) is 4. The highest BCUT2D eigenvalue weighted by atomic mass is 16.5. The van der Waals surface area contributed by atoms with Crippen molar-refractivity contribution in [3.8, 4) is 22.9 Å². The van der Waals surface area contributed by atoms with E-state index >= 15 is 0 Å².